The van der Waals surface area contributed by atoms with Crippen molar-refractivity contribution >= 4 is 17.7 Å². The van der Waals surface area contributed by atoms with E-state index in [1.54, 1.807) is 24.2 Å². The molecule has 0 unspecified atom stereocenters. The molecule has 0 atom stereocenters. The monoisotopic (exact) mass is 170 g/mol. The van der Waals surface area contributed by atoms with Crippen molar-refractivity contribution in [1.82, 2.24) is 9.55 Å². The second kappa shape index (κ2) is 4.18. The number of imidazole rings is 1. The predicted molar refractivity (Wildman–Crippen MR) is 45.9 cm³/mol. The van der Waals surface area contributed by atoms with Gasteiger partial charge in [-0.3, -0.25) is 9.36 Å². The van der Waals surface area contributed by atoms with Gasteiger partial charge in [-0.2, -0.15) is 11.8 Å². The quantitative estimate of drug-likeness (QED) is 0.685. The van der Waals surface area contributed by atoms with Gasteiger partial charge in [0, 0.05) is 24.6 Å². The molecule has 0 aliphatic heterocycles. The van der Waals surface area contributed by atoms with Crippen LogP contribution in [0.25, 0.3) is 0 Å². The van der Waals surface area contributed by atoms with Gasteiger partial charge in [-0.1, -0.05) is 0 Å². The van der Waals surface area contributed by atoms with Gasteiger partial charge in [0.1, 0.15) is 6.33 Å². The maximum atomic E-state index is 11.2. The van der Waals surface area contributed by atoms with Crippen LogP contribution >= 0.6 is 11.8 Å². The molecule has 60 valence electrons. The number of carbonyl (C=O) groups is 1. The van der Waals surface area contributed by atoms with Crippen LogP contribution in [0.3, 0.4) is 0 Å². The first-order valence-electron chi connectivity index (χ1n) is 3.34. The highest BCUT2D eigenvalue weighted by atomic mass is 32.2. The molecule has 1 heterocycles. The normalized spacial score (nSPS) is 9.91. The summed E-state index contributed by atoms with van der Waals surface area (Å²) in [4.78, 5) is 15.0. The molecule has 0 fully saturated rings. The molecule has 11 heavy (non-hydrogen) atoms. The van der Waals surface area contributed by atoms with Gasteiger partial charge in [0.05, 0.1) is 0 Å². The van der Waals surface area contributed by atoms with Crippen LogP contribution in [0.4, 0.5) is 0 Å². The fraction of sp³-hybridized carbons (Fsp3) is 0.429. The van der Waals surface area contributed by atoms with Gasteiger partial charge in [0.15, 0.2) is 0 Å². The number of carbonyl (C=O) groups excluding carboxylic acids is 1. The summed E-state index contributed by atoms with van der Waals surface area (Å²) in [6, 6.07) is 0. The van der Waals surface area contributed by atoms with E-state index in [4.69, 9.17) is 0 Å². The Morgan fingerprint density at radius 1 is 1.73 bits per heavy atom. The molecule has 0 bridgehead atoms. The van der Waals surface area contributed by atoms with Crippen LogP contribution in [0.1, 0.15) is 11.2 Å². The van der Waals surface area contributed by atoms with Crippen molar-refractivity contribution in [1.29, 1.82) is 0 Å². The first kappa shape index (κ1) is 8.33. The molecule has 1 aromatic rings. The zero-order valence-electron chi connectivity index (χ0n) is 6.36. The van der Waals surface area contributed by atoms with Gasteiger partial charge in [0.2, 0.25) is 5.91 Å². The smallest absolute Gasteiger partial charge is 0.232 e. The molecular weight excluding hydrogens is 160 g/mol. The van der Waals surface area contributed by atoms with Crippen LogP contribution in [-0.2, 0) is 0 Å². The lowest BCUT2D eigenvalue weighted by molar-refractivity contribution is 0.0910. The van der Waals surface area contributed by atoms with E-state index in [1.165, 1.54) is 10.9 Å². The van der Waals surface area contributed by atoms with E-state index in [1.807, 2.05) is 6.26 Å². The maximum absolute atomic E-state index is 11.2. The Morgan fingerprint density at radius 2 is 2.55 bits per heavy atom. The molecule has 0 aliphatic carbocycles. The fourth-order valence-corrected chi connectivity index (χ4v) is 1.10. The van der Waals surface area contributed by atoms with Crippen LogP contribution < -0.4 is 0 Å². The Morgan fingerprint density at radius 3 is 3.09 bits per heavy atom. The van der Waals surface area contributed by atoms with Crippen molar-refractivity contribution in [3.8, 4) is 0 Å². The van der Waals surface area contributed by atoms with E-state index >= 15 is 0 Å². The molecule has 4 heteroatoms. The molecular formula is C7H10N2OS. The van der Waals surface area contributed by atoms with Gasteiger partial charge >= 0.3 is 0 Å². The summed E-state index contributed by atoms with van der Waals surface area (Å²) in [6.07, 6.45) is 7.38. The Hall–Kier alpha value is -0.770. The molecule has 0 saturated carbocycles. The second-order valence-corrected chi connectivity index (χ2v) is 3.09. The number of rotatable bonds is 3. The highest BCUT2D eigenvalue weighted by Crippen LogP contribution is 1.98. The van der Waals surface area contributed by atoms with E-state index in [0.717, 1.165) is 5.75 Å². The number of hydrogen-bond acceptors (Lipinski definition) is 3. The molecule has 0 spiro atoms. The zero-order chi connectivity index (χ0) is 8.10. The summed E-state index contributed by atoms with van der Waals surface area (Å²) in [7, 11) is 0. The van der Waals surface area contributed by atoms with Crippen molar-refractivity contribution < 1.29 is 4.79 Å². The summed E-state index contributed by atoms with van der Waals surface area (Å²) < 4.78 is 1.51. The SMILES string of the molecule is CSCCC(=O)n1ccnc1. The minimum atomic E-state index is 0.108. The number of thioether (sulfide) groups is 1. The van der Waals surface area contributed by atoms with Crippen molar-refractivity contribution in [3.05, 3.63) is 18.7 Å². The number of aromatic nitrogens is 2. The third kappa shape index (κ3) is 2.38. The number of nitrogens with zero attached hydrogens (tertiary/aromatic N) is 2. The molecule has 0 radical (unpaired) electrons. The van der Waals surface area contributed by atoms with Crippen molar-refractivity contribution in [2.75, 3.05) is 12.0 Å². The van der Waals surface area contributed by atoms with E-state index in [2.05, 4.69) is 4.98 Å². The van der Waals surface area contributed by atoms with Gasteiger partial charge in [0.25, 0.3) is 0 Å². The molecule has 3 nitrogen and oxygen atoms in total. The maximum Gasteiger partial charge on any atom is 0.232 e. The van der Waals surface area contributed by atoms with Crippen LogP contribution in [0.15, 0.2) is 18.7 Å². The Labute approximate surface area is 69.8 Å². The number of hydrogen-bond donors (Lipinski definition) is 0. The predicted octanol–water partition coefficient (Wildman–Crippen LogP) is 1.28. The average Bonchev–Trinajstić information content (AvgIpc) is 2.52. The molecule has 0 N–H and O–H groups in total. The lowest BCUT2D eigenvalue weighted by Crippen LogP contribution is -2.08. The summed E-state index contributed by atoms with van der Waals surface area (Å²) >= 11 is 1.67. The first-order valence-corrected chi connectivity index (χ1v) is 4.74. The van der Waals surface area contributed by atoms with E-state index < -0.39 is 0 Å². The van der Waals surface area contributed by atoms with E-state index in [9.17, 15) is 4.79 Å². The third-order valence-electron chi connectivity index (χ3n) is 1.31. The Kier molecular flexibility index (Phi) is 3.16. The molecule has 0 aliphatic rings. The first-order chi connectivity index (χ1) is 5.34. The van der Waals surface area contributed by atoms with Gasteiger partial charge in [-0.15, -0.1) is 0 Å². The third-order valence-corrected chi connectivity index (χ3v) is 1.92. The largest absolute Gasteiger partial charge is 0.276 e. The lowest BCUT2D eigenvalue weighted by atomic mass is 10.4. The van der Waals surface area contributed by atoms with Gasteiger partial charge < -0.3 is 0 Å². The van der Waals surface area contributed by atoms with Crippen LogP contribution in [-0.4, -0.2) is 27.5 Å². The summed E-state index contributed by atoms with van der Waals surface area (Å²) in [5, 5.41) is 0. The van der Waals surface area contributed by atoms with E-state index in [0.29, 0.717) is 6.42 Å². The molecule has 0 amide bonds. The van der Waals surface area contributed by atoms with Crippen LogP contribution in [0.5, 0.6) is 0 Å². The second-order valence-electron chi connectivity index (χ2n) is 2.11. The van der Waals surface area contributed by atoms with E-state index in [-0.39, 0.29) is 5.91 Å². The summed E-state index contributed by atoms with van der Waals surface area (Å²) in [5.74, 6) is 0.980. The van der Waals surface area contributed by atoms with Crippen molar-refractivity contribution in [3.63, 3.8) is 0 Å². The topological polar surface area (TPSA) is 34.9 Å². The Bertz CT molecular complexity index is 220. The molecule has 1 rings (SSSR count). The molecule has 1 aromatic heterocycles. The average molecular weight is 170 g/mol. The fourth-order valence-electron chi connectivity index (χ4n) is 0.725. The highest BCUT2D eigenvalue weighted by molar-refractivity contribution is 7.98. The highest BCUT2D eigenvalue weighted by Gasteiger charge is 2.01. The minimum absolute atomic E-state index is 0.108. The molecule has 0 saturated heterocycles. The molecule has 0 aromatic carbocycles. The summed E-state index contributed by atoms with van der Waals surface area (Å²) in [5.41, 5.74) is 0. The van der Waals surface area contributed by atoms with Crippen molar-refractivity contribution in [2.24, 2.45) is 0 Å². The minimum Gasteiger partial charge on any atom is -0.276 e. The standard InChI is InChI=1S/C7H10N2OS/c1-11-5-2-7(10)9-4-3-8-6-9/h3-4,6H,2,5H2,1H3. The summed E-state index contributed by atoms with van der Waals surface area (Å²) in [6.45, 7) is 0. The zero-order valence-corrected chi connectivity index (χ0v) is 7.17. The lowest BCUT2D eigenvalue weighted by Gasteiger charge is -1.97. The van der Waals surface area contributed by atoms with Crippen LogP contribution in [0.2, 0.25) is 0 Å². The van der Waals surface area contributed by atoms with Gasteiger partial charge in [-0.05, 0) is 6.26 Å². The van der Waals surface area contributed by atoms with Crippen molar-refractivity contribution in [2.45, 2.75) is 6.42 Å². The van der Waals surface area contributed by atoms with Crippen LogP contribution in [0, 0.1) is 0 Å². The van der Waals surface area contributed by atoms with Gasteiger partial charge in [-0.25, -0.2) is 4.98 Å². The Balaban J connectivity index is 2.43.